The third kappa shape index (κ3) is 4.47. The lowest BCUT2D eigenvalue weighted by Gasteiger charge is -2.49. The van der Waals surface area contributed by atoms with E-state index in [1.54, 1.807) is 44.4 Å². The highest BCUT2D eigenvalue weighted by Gasteiger charge is 2.56. The van der Waals surface area contributed by atoms with E-state index >= 15 is 0 Å². The Hall–Kier alpha value is -3.48. The summed E-state index contributed by atoms with van der Waals surface area (Å²) in [6.45, 7) is 0. The second-order valence-electron chi connectivity index (χ2n) is 8.75. The van der Waals surface area contributed by atoms with Crippen molar-refractivity contribution in [2.45, 2.75) is 50.1 Å². The largest absolute Gasteiger partial charge is 0.496 e. The van der Waals surface area contributed by atoms with Crippen molar-refractivity contribution in [3.63, 3.8) is 0 Å². The molecule has 4 rings (SSSR count). The number of para-hydroxylation sites is 1. The smallest absolute Gasteiger partial charge is 0.251 e. The fourth-order valence-electron chi connectivity index (χ4n) is 4.84. The topological polar surface area (TPSA) is 77.1 Å². The van der Waals surface area contributed by atoms with Gasteiger partial charge >= 0.3 is 0 Å². The van der Waals surface area contributed by atoms with Crippen LogP contribution in [0.25, 0.3) is 6.08 Å². The first-order valence-corrected chi connectivity index (χ1v) is 11.7. The Labute approximate surface area is 200 Å². The standard InChI is InChI=1S/C27H32N2O5/c1-32-22-12-8-7-9-19(22)15-16-27(26(31)28-20-10-5-4-6-11-20)18-25(30)29(27)21-13-14-23(33-2)24(17-21)34-3/h7-9,12-17,20H,4-6,10-11,18H2,1-3H3,(H,28,31)/b16-15+/t27-/m0/s1. The Morgan fingerprint density at radius 3 is 2.35 bits per heavy atom. The molecule has 1 atom stereocenters. The van der Waals surface area contributed by atoms with E-state index in [0.717, 1.165) is 31.2 Å². The predicted octanol–water partition coefficient (Wildman–Crippen LogP) is 4.35. The molecule has 2 aromatic rings. The summed E-state index contributed by atoms with van der Waals surface area (Å²) < 4.78 is 16.3. The maximum Gasteiger partial charge on any atom is 0.251 e. The molecule has 180 valence electrons. The maximum absolute atomic E-state index is 13.8. The van der Waals surface area contributed by atoms with Crippen molar-refractivity contribution in [3.05, 3.63) is 54.1 Å². The fraction of sp³-hybridized carbons (Fsp3) is 0.407. The molecule has 1 aliphatic heterocycles. The van der Waals surface area contributed by atoms with Crippen LogP contribution < -0.4 is 24.4 Å². The number of rotatable bonds is 8. The van der Waals surface area contributed by atoms with Crippen molar-refractivity contribution in [1.82, 2.24) is 5.32 Å². The molecule has 7 heteroatoms. The fourth-order valence-corrected chi connectivity index (χ4v) is 4.84. The van der Waals surface area contributed by atoms with E-state index < -0.39 is 5.54 Å². The summed E-state index contributed by atoms with van der Waals surface area (Å²) in [6, 6.07) is 13.0. The summed E-state index contributed by atoms with van der Waals surface area (Å²) in [4.78, 5) is 28.3. The van der Waals surface area contributed by atoms with Crippen LogP contribution in [0.5, 0.6) is 17.2 Å². The number of nitrogens with zero attached hydrogens (tertiary/aromatic N) is 1. The first-order valence-electron chi connectivity index (χ1n) is 11.7. The van der Waals surface area contributed by atoms with E-state index in [1.165, 1.54) is 6.42 Å². The van der Waals surface area contributed by atoms with Crippen LogP contribution in [0.15, 0.2) is 48.5 Å². The monoisotopic (exact) mass is 464 g/mol. The minimum absolute atomic E-state index is 0.0888. The minimum Gasteiger partial charge on any atom is -0.496 e. The van der Waals surface area contributed by atoms with Gasteiger partial charge in [-0.2, -0.15) is 0 Å². The summed E-state index contributed by atoms with van der Waals surface area (Å²) in [5.41, 5.74) is 0.272. The number of methoxy groups -OCH3 is 3. The van der Waals surface area contributed by atoms with Crippen molar-refractivity contribution in [2.75, 3.05) is 26.2 Å². The van der Waals surface area contributed by atoms with Gasteiger partial charge in [-0.15, -0.1) is 0 Å². The normalized spacial score (nSPS) is 20.7. The van der Waals surface area contributed by atoms with Gasteiger partial charge in [0.1, 0.15) is 5.75 Å². The summed E-state index contributed by atoms with van der Waals surface area (Å²) >= 11 is 0. The zero-order chi connectivity index (χ0) is 24.1. The Balaban J connectivity index is 1.73. The average molecular weight is 465 g/mol. The van der Waals surface area contributed by atoms with Gasteiger partial charge in [0.2, 0.25) is 5.91 Å². The van der Waals surface area contributed by atoms with Gasteiger partial charge in [0.25, 0.3) is 5.91 Å². The number of ether oxygens (including phenoxy) is 3. The highest BCUT2D eigenvalue weighted by molar-refractivity contribution is 6.15. The zero-order valence-electron chi connectivity index (χ0n) is 20.0. The molecule has 2 aromatic carbocycles. The minimum atomic E-state index is -1.14. The van der Waals surface area contributed by atoms with Gasteiger partial charge in [-0.05, 0) is 37.1 Å². The van der Waals surface area contributed by atoms with Crippen molar-refractivity contribution in [2.24, 2.45) is 0 Å². The van der Waals surface area contributed by atoms with Gasteiger partial charge in [-0.25, -0.2) is 0 Å². The zero-order valence-corrected chi connectivity index (χ0v) is 20.0. The van der Waals surface area contributed by atoms with Gasteiger partial charge in [0, 0.05) is 23.4 Å². The van der Waals surface area contributed by atoms with Crippen LogP contribution in [0.2, 0.25) is 0 Å². The van der Waals surface area contributed by atoms with Crippen LogP contribution >= 0.6 is 0 Å². The molecule has 1 saturated carbocycles. The molecule has 1 aliphatic carbocycles. The van der Waals surface area contributed by atoms with Crippen LogP contribution in [-0.2, 0) is 9.59 Å². The molecule has 2 aliphatic rings. The Bertz CT molecular complexity index is 1080. The third-order valence-corrected chi connectivity index (χ3v) is 6.71. The van der Waals surface area contributed by atoms with Crippen molar-refractivity contribution >= 4 is 23.6 Å². The molecule has 34 heavy (non-hydrogen) atoms. The number of carbonyl (C=O) groups excluding carboxylic acids is 2. The predicted molar refractivity (Wildman–Crippen MR) is 131 cm³/mol. The SMILES string of the molecule is COc1ccccc1/C=C/[C@@]1(C(=O)NC2CCCCC2)CC(=O)N1c1ccc(OC)c(OC)c1. The van der Waals surface area contributed by atoms with Crippen LogP contribution in [-0.4, -0.2) is 44.7 Å². The van der Waals surface area contributed by atoms with Crippen LogP contribution in [0, 0.1) is 0 Å². The molecule has 2 fully saturated rings. The number of carbonyl (C=O) groups is 2. The third-order valence-electron chi connectivity index (χ3n) is 6.71. The maximum atomic E-state index is 13.8. The Morgan fingerprint density at radius 2 is 1.68 bits per heavy atom. The number of amides is 2. The first kappa shape index (κ1) is 23.7. The van der Waals surface area contributed by atoms with Crippen molar-refractivity contribution < 1.29 is 23.8 Å². The molecule has 0 bridgehead atoms. The van der Waals surface area contributed by atoms with E-state index in [0.29, 0.717) is 22.9 Å². The van der Waals surface area contributed by atoms with Gasteiger partial charge in [0.15, 0.2) is 17.0 Å². The number of hydrogen-bond acceptors (Lipinski definition) is 5. The highest BCUT2D eigenvalue weighted by Crippen LogP contribution is 2.42. The Morgan fingerprint density at radius 1 is 0.971 bits per heavy atom. The van der Waals surface area contributed by atoms with E-state index in [1.807, 2.05) is 36.4 Å². The van der Waals surface area contributed by atoms with Crippen LogP contribution in [0.1, 0.15) is 44.1 Å². The molecule has 1 heterocycles. The lowest BCUT2D eigenvalue weighted by atomic mass is 9.80. The Kier molecular flexibility index (Phi) is 7.10. The molecule has 0 radical (unpaired) electrons. The highest BCUT2D eigenvalue weighted by atomic mass is 16.5. The summed E-state index contributed by atoms with van der Waals surface area (Å²) in [5.74, 6) is 1.46. The van der Waals surface area contributed by atoms with E-state index in [2.05, 4.69) is 5.32 Å². The van der Waals surface area contributed by atoms with Gasteiger partial charge in [0.05, 0.1) is 27.8 Å². The average Bonchev–Trinajstić information content (AvgIpc) is 2.86. The number of β-lactam (4-membered cyclic amide) rings is 1. The molecule has 0 unspecified atom stereocenters. The number of benzene rings is 2. The van der Waals surface area contributed by atoms with E-state index in [4.69, 9.17) is 14.2 Å². The lowest BCUT2D eigenvalue weighted by Crippen LogP contribution is -2.70. The van der Waals surface area contributed by atoms with Gasteiger partial charge in [-0.3, -0.25) is 14.5 Å². The molecule has 1 saturated heterocycles. The summed E-state index contributed by atoms with van der Waals surface area (Å²) in [6.07, 6.45) is 9.10. The molecule has 0 aromatic heterocycles. The second kappa shape index (κ2) is 10.2. The van der Waals surface area contributed by atoms with Crippen molar-refractivity contribution in [1.29, 1.82) is 0 Å². The molecule has 1 N–H and O–H groups in total. The summed E-state index contributed by atoms with van der Waals surface area (Å²) in [7, 11) is 4.72. The quantitative estimate of drug-likeness (QED) is 0.588. The van der Waals surface area contributed by atoms with Crippen LogP contribution in [0.3, 0.4) is 0 Å². The second-order valence-corrected chi connectivity index (χ2v) is 8.75. The molecule has 2 amide bonds. The molecular formula is C27H32N2O5. The molecule has 0 spiro atoms. The number of nitrogens with one attached hydrogen (secondary N) is 1. The van der Waals surface area contributed by atoms with Gasteiger partial charge < -0.3 is 19.5 Å². The lowest BCUT2D eigenvalue weighted by molar-refractivity contribution is -0.137. The first-order chi connectivity index (χ1) is 16.5. The summed E-state index contributed by atoms with van der Waals surface area (Å²) in [5, 5.41) is 3.23. The molecular weight excluding hydrogens is 432 g/mol. The van der Waals surface area contributed by atoms with E-state index in [-0.39, 0.29) is 24.3 Å². The number of hydrogen-bond donors (Lipinski definition) is 1. The molecule has 7 nitrogen and oxygen atoms in total. The van der Waals surface area contributed by atoms with E-state index in [9.17, 15) is 9.59 Å². The number of anilines is 1. The van der Waals surface area contributed by atoms with Crippen LogP contribution in [0.4, 0.5) is 5.69 Å². The van der Waals surface area contributed by atoms with Crippen molar-refractivity contribution in [3.8, 4) is 17.2 Å². The van der Waals surface area contributed by atoms with Gasteiger partial charge in [-0.1, -0.05) is 43.5 Å².